The standard InChI is InChI=1S/C21H22ClF3N6/c1-12-13(2)30-20(16-6-4-14(10-17(16)22)21(23,24)25)31-19(12)28-9-3-8-27-18-7-5-15(26)11-29-18/h4-7,10-11H,3,8-9,26H2,1-2H3,(H,27,29)(H,28,30,31). The topological polar surface area (TPSA) is 88.8 Å². The molecule has 0 atom stereocenters. The smallest absolute Gasteiger partial charge is 0.397 e. The van der Waals surface area contributed by atoms with Crippen LogP contribution in [0.3, 0.4) is 0 Å². The molecule has 10 heteroatoms. The molecule has 4 N–H and O–H groups in total. The van der Waals surface area contributed by atoms with Gasteiger partial charge in [0.1, 0.15) is 11.6 Å². The molecule has 0 amide bonds. The number of nitrogens with two attached hydrogens (primary N) is 1. The molecule has 0 spiro atoms. The van der Waals surface area contributed by atoms with Gasteiger partial charge in [0.25, 0.3) is 0 Å². The molecule has 6 nitrogen and oxygen atoms in total. The second-order valence-electron chi connectivity index (χ2n) is 6.98. The minimum Gasteiger partial charge on any atom is -0.397 e. The number of hydrogen-bond acceptors (Lipinski definition) is 6. The van der Waals surface area contributed by atoms with Crippen LogP contribution < -0.4 is 16.4 Å². The number of alkyl halides is 3. The highest BCUT2D eigenvalue weighted by atomic mass is 35.5. The highest BCUT2D eigenvalue weighted by Gasteiger charge is 2.31. The van der Waals surface area contributed by atoms with E-state index in [-0.39, 0.29) is 10.8 Å². The Morgan fingerprint density at radius 2 is 1.77 bits per heavy atom. The summed E-state index contributed by atoms with van der Waals surface area (Å²) in [5, 5.41) is 6.41. The molecule has 0 bridgehead atoms. The van der Waals surface area contributed by atoms with Crippen molar-refractivity contribution in [1.29, 1.82) is 0 Å². The largest absolute Gasteiger partial charge is 0.416 e. The van der Waals surface area contributed by atoms with E-state index < -0.39 is 11.7 Å². The summed E-state index contributed by atoms with van der Waals surface area (Å²) in [5.41, 5.74) is 7.32. The van der Waals surface area contributed by atoms with Crippen LogP contribution in [0.25, 0.3) is 11.4 Å². The number of nitrogen functional groups attached to an aromatic ring is 1. The van der Waals surface area contributed by atoms with Gasteiger partial charge in [-0.15, -0.1) is 0 Å². The SMILES string of the molecule is Cc1nc(-c2ccc(C(F)(F)F)cc2Cl)nc(NCCCNc2ccc(N)cn2)c1C. The zero-order valence-corrected chi connectivity index (χ0v) is 17.8. The van der Waals surface area contributed by atoms with Crippen LogP contribution in [-0.4, -0.2) is 28.0 Å². The van der Waals surface area contributed by atoms with Gasteiger partial charge in [-0.3, -0.25) is 0 Å². The number of rotatable bonds is 7. The molecular formula is C21H22ClF3N6. The van der Waals surface area contributed by atoms with Crippen LogP contribution in [0.15, 0.2) is 36.5 Å². The molecule has 1 aromatic carbocycles. The predicted octanol–water partition coefficient (Wildman–Crippen LogP) is 5.32. The minimum atomic E-state index is -4.46. The van der Waals surface area contributed by atoms with Crippen LogP contribution in [0.4, 0.5) is 30.5 Å². The van der Waals surface area contributed by atoms with Gasteiger partial charge in [0.15, 0.2) is 5.82 Å². The molecule has 31 heavy (non-hydrogen) atoms. The highest BCUT2D eigenvalue weighted by molar-refractivity contribution is 6.33. The first-order valence-electron chi connectivity index (χ1n) is 9.57. The Hall–Kier alpha value is -3.07. The van der Waals surface area contributed by atoms with Crippen molar-refractivity contribution < 1.29 is 13.2 Å². The van der Waals surface area contributed by atoms with Crippen LogP contribution in [0.1, 0.15) is 23.2 Å². The number of halogens is 4. The van der Waals surface area contributed by atoms with Crippen molar-refractivity contribution in [3.8, 4) is 11.4 Å². The second-order valence-corrected chi connectivity index (χ2v) is 7.39. The molecule has 0 fully saturated rings. The molecule has 164 valence electrons. The summed E-state index contributed by atoms with van der Waals surface area (Å²) in [6.45, 7) is 5.01. The van der Waals surface area contributed by atoms with Crippen LogP contribution in [0.5, 0.6) is 0 Å². The van der Waals surface area contributed by atoms with Crippen molar-refractivity contribution in [2.75, 3.05) is 29.5 Å². The van der Waals surface area contributed by atoms with E-state index >= 15 is 0 Å². The molecular weight excluding hydrogens is 429 g/mol. The fourth-order valence-corrected chi connectivity index (χ4v) is 3.08. The minimum absolute atomic E-state index is 0.0516. The molecule has 0 unspecified atom stereocenters. The van der Waals surface area contributed by atoms with Gasteiger partial charge < -0.3 is 16.4 Å². The molecule has 3 rings (SSSR count). The Morgan fingerprint density at radius 1 is 1.03 bits per heavy atom. The zero-order valence-electron chi connectivity index (χ0n) is 17.0. The van der Waals surface area contributed by atoms with Crippen molar-refractivity contribution in [1.82, 2.24) is 15.0 Å². The average Bonchev–Trinajstić information content (AvgIpc) is 2.71. The van der Waals surface area contributed by atoms with E-state index in [2.05, 4.69) is 25.6 Å². The zero-order chi connectivity index (χ0) is 22.6. The lowest BCUT2D eigenvalue weighted by Crippen LogP contribution is -2.12. The van der Waals surface area contributed by atoms with Crippen LogP contribution in [0.2, 0.25) is 5.02 Å². The summed E-state index contributed by atoms with van der Waals surface area (Å²) in [4.78, 5) is 13.1. The second kappa shape index (κ2) is 9.38. The molecule has 0 radical (unpaired) electrons. The Bertz CT molecular complexity index is 1050. The average molecular weight is 451 g/mol. The maximum Gasteiger partial charge on any atom is 0.416 e. The third-order valence-electron chi connectivity index (χ3n) is 4.67. The summed E-state index contributed by atoms with van der Waals surface area (Å²) >= 11 is 6.11. The number of hydrogen-bond donors (Lipinski definition) is 3. The van der Waals surface area contributed by atoms with Gasteiger partial charge in [0.2, 0.25) is 0 Å². The van der Waals surface area contributed by atoms with Crippen molar-refractivity contribution in [3.63, 3.8) is 0 Å². The van der Waals surface area contributed by atoms with E-state index in [0.717, 1.165) is 29.9 Å². The lowest BCUT2D eigenvalue weighted by molar-refractivity contribution is -0.137. The fraction of sp³-hybridized carbons (Fsp3) is 0.286. The van der Waals surface area contributed by atoms with E-state index in [4.69, 9.17) is 17.3 Å². The number of nitrogens with zero attached hydrogens (tertiary/aromatic N) is 3. The Balaban J connectivity index is 1.67. The Kier molecular flexibility index (Phi) is 6.84. The molecule has 2 aromatic heterocycles. The first kappa shape index (κ1) is 22.6. The predicted molar refractivity (Wildman–Crippen MR) is 117 cm³/mol. The Labute approximate surface area is 183 Å². The monoisotopic (exact) mass is 450 g/mol. The number of pyridine rings is 1. The first-order chi connectivity index (χ1) is 14.6. The summed E-state index contributed by atoms with van der Waals surface area (Å²) in [6, 6.07) is 6.74. The van der Waals surface area contributed by atoms with E-state index in [0.29, 0.717) is 35.9 Å². The van der Waals surface area contributed by atoms with Crippen molar-refractivity contribution >= 4 is 28.9 Å². The van der Waals surface area contributed by atoms with E-state index in [9.17, 15) is 13.2 Å². The Morgan fingerprint density at radius 3 is 2.42 bits per heavy atom. The normalized spacial score (nSPS) is 11.4. The molecule has 2 heterocycles. The molecule has 0 aliphatic carbocycles. The number of anilines is 3. The number of nitrogens with one attached hydrogen (secondary N) is 2. The molecule has 0 aliphatic rings. The third-order valence-corrected chi connectivity index (χ3v) is 4.98. The summed E-state index contributed by atoms with van der Waals surface area (Å²) in [7, 11) is 0. The van der Waals surface area contributed by atoms with Gasteiger partial charge in [-0.25, -0.2) is 15.0 Å². The maximum atomic E-state index is 12.9. The van der Waals surface area contributed by atoms with Crippen molar-refractivity contribution in [2.24, 2.45) is 0 Å². The summed E-state index contributed by atoms with van der Waals surface area (Å²) < 4.78 is 38.7. The summed E-state index contributed by atoms with van der Waals surface area (Å²) in [5.74, 6) is 1.63. The lowest BCUT2D eigenvalue weighted by Gasteiger charge is -2.14. The van der Waals surface area contributed by atoms with Gasteiger partial charge in [-0.05, 0) is 50.6 Å². The third kappa shape index (κ3) is 5.75. The van der Waals surface area contributed by atoms with Gasteiger partial charge in [0, 0.05) is 29.9 Å². The molecule has 0 saturated carbocycles. The molecule has 3 aromatic rings. The van der Waals surface area contributed by atoms with Gasteiger partial charge >= 0.3 is 6.18 Å². The number of aromatic nitrogens is 3. The number of aryl methyl sites for hydroxylation is 1. The van der Waals surface area contributed by atoms with E-state index in [1.807, 2.05) is 13.8 Å². The quantitative estimate of drug-likeness (QED) is 0.422. The van der Waals surface area contributed by atoms with Gasteiger partial charge in [0.05, 0.1) is 22.5 Å². The fourth-order valence-electron chi connectivity index (χ4n) is 2.82. The van der Waals surface area contributed by atoms with Crippen molar-refractivity contribution in [3.05, 3.63) is 58.4 Å². The first-order valence-corrected chi connectivity index (χ1v) is 9.94. The molecule has 0 saturated heterocycles. The van der Waals surface area contributed by atoms with E-state index in [1.165, 1.54) is 6.07 Å². The molecule has 0 aliphatic heterocycles. The van der Waals surface area contributed by atoms with Crippen molar-refractivity contribution in [2.45, 2.75) is 26.4 Å². The van der Waals surface area contributed by atoms with Crippen LogP contribution >= 0.6 is 11.6 Å². The summed E-state index contributed by atoms with van der Waals surface area (Å²) in [6.07, 6.45) is -2.10. The number of benzene rings is 1. The van der Waals surface area contributed by atoms with Crippen LogP contribution in [0, 0.1) is 13.8 Å². The highest BCUT2D eigenvalue weighted by Crippen LogP contribution is 2.35. The van der Waals surface area contributed by atoms with Gasteiger partial charge in [-0.1, -0.05) is 11.6 Å². The lowest BCUT2D eigenvalue weighted by atomic mass is 10.1. The van der Waals surface area contributed by atoms with Gasteiger partial charge in [-0.2, -0.15) is 13.2 Å². The maximum absolute atomic E-state index is 12.9. The van der Waals surface area contributed by atoms with E-state index in [1.54, 1.807) is 18.3 Å². The van der Waals surface area contributed by atoms with Crippen LogP contribution in [-0.2, 0) is 6.18 Å².